The highest BCUT2D eigenvalue weighted by Gasteiger charge is 2.22. The second-order valence-electron chi connectivity index (χ2n) is 5.01. The van der Waals surface area contributed by atoms with E-state index >= 15 is 0 Å². The third-order valence-corrected chi connectivity index (χ3v) is 3.62. The molecule has 1 aliphatic rings. The molecular weight excluding hydrogens is 198 g/mol. The summed E-state index contributed by atoms with van der Waals surface area (Å²) < 4.78 is 0. The highest BCUT2D eigenvalue weighted by Crippen LogP contribution is 2.28. The van der Waals surface area contributed by atoms with Gasteiger partial charge in [0.15, 0.2) is 0 Å². The second-order valence-corrected chi connectivity index (χ2v) is 5.01. The van der Waals surface area contributed by atoms with Gasteiger partial charge in [0.1, 0.15) is 0 Å². The number of benzene rings is 1. The monoisotopic (exact) mass is 219 g/mol. The molecule has 2 rings (SSSR count). The largest absolute Gasteiger partial charge is 0.396 e. The summed E-state index contributed by atoms with van der Waals surface area (Å²) in [5.41, 5.74) is 2.81. The molecule has 1 atom stereocenters. The molecule has 1 aliphatic heterocycles. The zero-order chi connectivity index (χ0) is 11.5. The normalized spacial score (nSPS) is 16.6. The van der Waals surface area contributed by atoms with E-state index < -0.39 is 0 Å². The Morgan fingerprint density at radius 1 is 1.31 bits per heavy atom. The van der Waals surface area contributed by atoms with Crippen molar-refractivity contribution in [3.05, 3.63) is 29.8 Å². The van der Waals surface area contributed by atoms with E-state index in [1.165, 1.54) is 11.3 Å². The Labute approximate surface area is 97.9 Å². The van der Waals surface area contributed by atoms with E-state index in [0.717, 1.165) is 19.5 Å². The lowest BCUT2D eigenvalue weighted by molar-refractivity contribution is 0.193. The summed E-state index contributed by atoms with van der Waals surface area (Å²) in [4.78, 5) is 2.41. The van der Waals surface area contributed by atoms with Gasteiger partial charge in [-0.3, -0.25) is 0 Å². The molecule has 0 saturated carbocycles. The van der Waals surface area contributed by atoms with E-state index in [2.05, 4.69) is 43.0 Å². The Balaban J connectivity index is 2.08. The number of rotatable bonds is 4. The van der Waals surface area contributed by atoms with Crippen LogP contribution >= 0.6 is 0 Å². The van der Waals surface area contributed by atoms with Crippen LogP contribution in [0.2, 0.25) is 0 Å². The molecule has 0 fully saturated rings. The van der Waals surface area contributed by atoms with Gasteiger partial charge in [-0.25, -0.2) is 0 Å². The summed E-state index contributed by atoms with van der Waals surface area (Å²) in [7, 11) is 0. The van der Waals surface area contributed by atoms with Gasteiger partial charge in [0.05, 0.1) is 0 Å². The Kier molecular flexibility index (Phi) is 3.49. The molecular formula is C14H21NO. The van der Waals surface area contributed by atoms with E-state index in [1.807, 2.05) is 0 Å². The summed E-state index contributed by atoms with van der Waals surface area (Å²) >= 11 is 0. The third-order valence-electron chi connectivity index (χ3n) is 3.62. The number of nitrogens with zero attached hydrogens (tertiary/aromatic N) is 1. The molecule has 0 aromatic heterocycles. The van der Waals surface area contributed by atoms with Crippen LogP contribution in [0.1, 0.15) is 19.4 Å². The molecule has 0 bridgehead atoms. The number of aliphatic hydroxyl groups excluding tert-OH is 1. The quantitative estimate of drug-likeness (QED) is 0.840. The summed E-state index contributed by atoms with van der Waals surface area (Å²) in [5.74, 6) is 0.920. The summed E-state index contributed by atoms with van der Waals surface area (Å²) in [6.07, 6.45) is 1.15. The molecule has 0 spiro atoms. The molecule has 2 nitrogen and oxygen atoms in total. The molecule has 1 aromatic carbocycles. The summed E-state index contributed by atoms with van der Waals surface area (Å²) in [5, 5.41) is 9.38. The Bertz CT molecular complexity index is 348. The number of hydrogen-bond acceptors (Lipinski definition) is 2. The fourth-order valence-electron chi connectivity index (χ4n) is 2.36. The average Bonchev–Trinajstić information content (AvgIpc) is 2.69. The van der Waals surface area contributed by atoms with Gasteiger partial charge in [-0.2, -0.15) is 0 Å². The summed E-state index contributed by atoms with van der Waals surface area (Å²) in [6, 6.07) is 8.60. The molecule has 16 heavy (non-hydrogen) atoms. The van der Waals surface area contributed by atoms with Gasteiger partial charge in [-0.1, -0.05) is 32.0 Å². The molecule has 1 N–H and O–H groups in total. The van der Waals surface area contributed by atoms with Crippen molar-refractivity contribution in [1.82, 2.24) is 0 Å². The minimum absolute atomic E-state index is 0.288. The molecule has 1 aromatic rings. The second kappa shape index (κ2) is 4.88. The topological polar surface area (TPSA) is 23.5 Å². The fraction of sp³-hybridized carbons (Fsp3) is 0.571. The maximum atomic E-state index is 9.38. The van der Waals surface area contributed by atoms with Crippen molar-refractivity contribution < 1.29 is 5.11 Å². The van der Waals surface area contributed by atoms with Gasteiger partial charge in [-0.05, 0) is 24.0 Å². The molecule has 2 heteroatoms. The van der Waals surface area contributed by atoms with Crippen LogP contribution in [0, 0.1) is 11.8 Å². The lowest BCUT2D eigenvalue weighted by Gasteiger charge is -2.27. The minimum atomic E-state index is 0.288. The number of fused-ring (bicyclic) bond motifs is 1. The van der Waals surface area contributed by atoms with Crippen LogP contribution in [0.3, 0.4) is 0 Å². The maximum Gasteiger partial charge on any atom is 0.0478 e. The molecule has 1 heterocycles. The van der Waals surface area contributed by atoms with Crippen molar-refractivity contribution in [2.45, 2.75) is 20.3 Å². The fourth-order valence-corrected chi connectivity index (χ4v) is 2.36. The minimum Gasteiger partial charge on any atom is -0.396 e. The Morgan fingerprint density at radius 2 is 2.06 bits per heavy atom. The van der Waals surface area contributed by atoms with E-state index in [4.69, 9.17) is 0 Å². The molecule has 0 aliphatic carbocycles. The van der Waals surface area contributed by atoms with Gasteiger partial charge in [-0.15, -0.1) is 0 Å². The Morgan fingerprint density at radius 3 is 2.75 bits per heavy atom. The van der Waals surface area contributed by atoms with E-state index in [-0.39, 0.29) is 6.61 Å². The van der Waals surface area contributed by atoms with Crippen molar-refractivity contribution in [2.75, 3.05) is 24.6 Å². The van der Waals surface area contributed by atoms with Gasteiger partial charge in [0.25, 0.3) is 0 Å². The van der Waals surface area contributed by atoms with E-state index in [9.17, 15) is 5.11 Å². The lowest BCUT2D eigenvalue weighted by Crippen LogP contribution is -2.32. The molecule has 0 saturated heterocycles. The van der Waals surface area contributed by atoms with Crippen LogP contribution in [0.5, 0.6) is 0 Å². The first-order valence-corrected chi connectivity index (χ1v) is 6.16. The first-order valence-electron chi connectivity index (χ1n) is 6.16. The van der Waals surface area contributed by atoms with Gasteiger partial charge < -0.3 is 10.0 Å². The van der Waals surface area contributed by atoms with Gasteiger partial charge >= 0.3 is 0 Å². The third kappa shape index (κ3) is 2.22. The van der Waals surface area contributed by atoms with Crippen molar-refractivity contribution >= 4 is 5.69 Å². The van der Waals surface area contributed by atoms with Crippen molar-refractivity contribution in [3.8, 4) is 0 Å². The molecule has 1 unspecified atom stereocenters. The standard InChI is InChI=1S/C14H21NO/c1-11(2)13(10-16)9-15-8-7-12-5-3-4-6-14(12)15/h3-6,11,13,16H,7-10H2,1-2H3. The zero-order valence-corrected chi connectivity index (χ0v) is 10.2. The lowest BCUT2D eigenvalue weighted by atomic mass is 9.96. The van der Waals surface area contributed by atoms with Crippen LogP contribution in [0.25, 0.3) is 0 Å². The first kappa shape index (κ1) is 11.5. The van der Waals surface area contributed by atoms with Crippen molar-refractivity contribution in [2.24, 2.45) is 11.8 Å². The van der Waals surface area contributed by atoms with Crippen LogP contribution in [-0.4, -0.2) is 24.8 Å². The first-order chi connectivity index (χ1) is 7.72. The van der Waals surface area contributed by atoms with Crippen LogP contribution < -0.4 is 4.90 Å². The number of aliphatic hydroxyl groups is 1. The SMILES string of the molecule is CC(C)C(CO)CN1CCc2ccccc21. The predicted molar refractivity (Wildman–Crippen MR) is 67.8 cm³/mol. The summed E-state index contributed by atoms with van der Waals surface area (Å²) in [6.45, 7) is 6.73. The molecule has 0 amide bonds. The average molecular weight is 219 g/mol. The van der Waals surface area contributed by atoms with Crippen LogP contribution in [0.4, 0.5) is 5.69 Å². The maximum absolute atomic E-state index is 9.38. The van der Waals surface area contributed by atoms with Crippen molar-refractivity contribution in [1.29, 1.82) is 0 Å². The van der Waals surface area contributed by atoms with Crippen molar-refractivity contribution in [3.63, 3.8) is 0 Å². The van der Waals surface area contributed by atoms with Crippen LogP contribution in [0.15, 0.2) is 24.3 Å². The van der Waals surface area contributed by atoms with Crippen LogP contribution in [-0.2, 0) is 6.42 Å². The van der Waals surface area contributed by atoms with Gasteiger partial charge in [0, 0.05) is 31.3 Å². The number of hydrogen-bond donors (Lipinski definition) is 1. The predicted octanol–water partition coefficient (Wildman–Crippen LogP) is 2.31. The highest BCUT2D eigenvalue weighted by molar-refractivity contribution is 5.57. The number of anilines is 1. The number of para-hydroxylation sites is 1. The van der Waals surface area contributed by atoms with E-state index in [0.29, 0.717) is 11.8 Å². The highest BCUT2D eigenvalue weighted by atomic mass is 16.3. The zero-order valence-electron chi connectivity index (χ0n) is 10.2. The van der Waals surface area contributed by atoms with Gasteiger partial charge in [0.2, 0.25) is 0 Å². The smallest absolute Gasteiger partial charge is 0.0478 e. The Hall–Kier alpha value is -1.02. The molecule has 0 radical (unpaired) electrons. The molecule has 88 valence electrons. The van der Waals surface area contributed by atoms with E-state index in [1.54, 1.807) is 0 Å².